The van der Waals surface area contributed by atoms with Gasteiger partial charge in [0.2, 0.25) is 11.9 Å². The number of likely N-dealkylation sites (N-methyl/N-ethyl adjacent to an activating group) is 1. The minimum absolute atomic E-state index is 0.0185. The number of carbonyl (C=O) groups is 1. The number of benzene rings is 1. The van der Waals surface area contributed by atoms with Crippen molar-refractivity contribution in [3.63, 3.8) is 0 Å². The number of amides is 1. The van der Waals surface area contributed by atoms with Crippen LogP contribution in [0.2, 0.25) is 0 Å². The molecule has 8 nitrogen and oxygen atoms in total. The summed E-state index contributed by atoms with van der Waals surface area (Å²) in [6, 6.07) is 1.08. The number of carbonyl (C=O) groups excluding carboxylic acids is 1. The first-order chi connectivity index (χ1) is 16.3. The molecule has 2 N–H and O–H groups in total. The number of nitrogens with one attached hydrogen (secondary N) is 2. The van der Waals surface area contributed by atoms with Crippen molar-refractivity contribution in [3.05, 3.63) is 35.3 Å². The fourth-order valence-corrected chi connectivity index (χ4v) is 4.43. The zero-order valence-electron chi connectivity index (χ0n) is 20.6. The van der Waals surface area contributed by atoms with Crippen LogP contribution in [0.3, 0.4) is 0 Å². The van der Waals surface area contributed by atoms with E-state index in [1.807, 2.05) is 27.7 Å². The smallest absolute Gasteiger partial charge is 0.249 e. The van der Waals surface area contributed by atoms with E-state index in [-0.39, 0.29) is 29.9 Å². The van der Waals surface area contributed by atoms with E-state index in [0.717, 1.165) is 12.1 Å². The van der Waals surface area contributed by atoms with Gasteiger partial charge in [-0.3, -0.25) is 4.79 Å². The van der Waals surface area contributed by atoms with Crippen LogP contribution >= 0.6 is 0 Å². The van der Waals surface area contributed by atoms with Gasteiger partial charge in [-0.1, -0.05) is 0 Å². The molecule has 11 heteroatoms. The Morgan fingerprint density at radius 2 is 1.80 bits per heavy atom. The van der Waals surface area contributed by atoms with E-state index in [1.165, 1.54) is 0 Å². The summed E-state index contributed by atoms with van der Waals surface area (Å²) in [6.45, 7) is 9.46. The first-order valence-corrected chi connectivity index (χ1v) is 11.5. The number of anilines is 3. The van der Waals surface area contributed by atoms with Gasteiger partial charge in [0.05, 0.1) is 17.4 Å². The van der Waals surface area contributed by atoms with Crippen LogP contribution in [0, 0.1) is 24.4 Å². The highest BCUT2D eigenvalue weighted by atomic mass is 19.2. The molecule has 2 aromatic rings. The fraction of sp³-hybridized carbons (Fsp3) is 0.542. The third-order valence-electron chi connectivity index (χ3n) is 6.01. The molecule has 1 aliphatic carbocycles. The third-order valence-corrected chi connectivity index (χ3v) is 6.01. The molecule has 1 fully saturated rings. The lowest BCUT2D eigenvalue weighted by Crippen LogP contribution is -2.54. The zero-order valence-corrected chi connectivity index (χ0v) is 20.6. The summed E-state index contributed by atoms with van der Waals surface area (Å²) in [7, 11) is 1.80. The molecule has 1 aromatic carbocycles. The monoisotopic (exact) mass is 493 g/mol. The molecule has 2 heterocycles. The maximum atomic E-state index is 13.4. The third kappa shape index (κ3) is 5.29. The van der Waals surface area contributed by atoms with Gasteiger partial charge in [-0.2, -0.15) is 4.98 Å². The van der Waals surface area contributed by atoms with E-state index >= 15 is 0 Å². The standard InChI is InChI=1S/C24H30F3N5O3/c1-11-19-21(32(6)20(22(33)30-19)12(2)35-24(3,4)5)31-23(28-11)29-13-7-14(8-13)34-15-9-16(25)18(27)17(26)10-15/h9-10,12-14,20H,7-8H2,1-6H3,(H,30,33)(H,28,29,31)/t12-,13?,14?,20?/m0/s1. The molecular weight excluding hydrogens is 463 g/mol. The Hall–Kier alpha value is -3.08. The number of halogens is 3. The fourth-order valence-electron chi connectivity index (χ4n) is 4.43. The van der Waals surface area contributed by atoms with Gasteiger partial charge in [-0.25, -0.2) is 18.2 Å². The second-order valence-corrected chi connectivity index (χ2v) is 10.1. The van der Waals surface area contributed by atoms with Crippen LogP contribution in [0.5, 0.6) is 5.75 Å². The number of rotatable bonds is 6. The predicted octanol–water partition coefficient (Wildman–Crippen LogP) is 4.18. The Balaban J connectivity index is 1.42. The van der Waals surface area contributed by atoms with E-state index in [2.05, 4.69) is 20.6 Å². The van der Waals surface area contributed by atoms with Crippen molar-refractivity contribution in [2.45, 2.75) is 77.4 Å². The van der Waals surface area contributed by atoms with Crippen molar-refractivity contribution in [1.82, 2.24) is 9.97 Å². The van der Waals surface area contributed by atoms with Gasteiger partial charge in [-0.15, -0.1) is 0 Å². The lowest BCUT2D eigenvalue weighted by atomic mass is 9.89. The van der Waals surface area contributed by atoms with Crippen molar-refractivity contribution >= 4 is 23.4 Å². The number of hydrogen-bond donors (Lipinski definition) is 2. The number of hydrogen-bond acceptors (Lipinski definition) is 7. The second-order valence-electron chi connectivity index (χ2n) is 10.1. The Morgan fingerprint density at radius 3 is 2.40 bits per heavy atom. The number of nitrogens with zero attached hydrogens (tertiary/aromatic N) is 3. The molecule has 0 bridgehead atoms. The van der Waals surface area contributed by atoms with Gasteiger partial charge >= 0.3 is 0 Å². The Morgan fingerprint density at radius 1 is 1.17 bits per heavy atom. The first kappa shape index (κ1) is 25.0. The Kier molecular flexibility index (Phi) is 6.56. The van der Waals surface area contributed by atoms with Crippen LogP contribution in [0.1, 0.15) is 46.2 Å². The van der Waals surface area contributed by atoms with Crippen molar-refractivity contribution < 1.29 is 27.4 Å². The molecule has 0 radical (unpaired) electrons. The maximum absolute atomic E-state index is 13.4. The minimum atomic E-state index is -1.52. The lowest BCUT2D eigenvalue weighted by Gasteiger charge is -2.40. The first-order valence-electron chi connectivity index (χ1n) is 11.5. The maximum Gasteiger partial charge on any atom is 0.249 e. The molecule has 4 rings (SSSR count). The summed E-state index contributed by atoms with van der Waals surface area (Å²) in [5, 5.41) is 6.16. The largest absolute Gasteiger partial charge is 0.490 e. The van der Waals surface area contributed by atoms with Gasteiger partial charge < -0.3 is 25.0 Å². The van der Waals surface area contributed by atoms with Crippen LogP contribution in [0.15, 0.2) is 12.1 Å². The van der Waals surface area contributed by atoms with Gasteiger partial charge in [-0.05, 0) is 34.6 Å². The highest BCUT2D eigenvalue weighted by molar-refractivity contribution is 6.03. The highest BCUT2D eigenvalue weighted by Gasteiger charge is 2.39. The van der Waals surface area contributed by atoms with Crippen LogP contribution in [0.4, 0.5) is 30.6 Å². The number of aryl methyl sites for hydroxylation is 1. The van der Waals surface area contributed by atoms with Crippen LogP contribution in [-0.2, 0) is 9.53 Å². The van der Waals surface area contributed by atoms with E-state index in [0.29, 0.717) is 36.0 Å². The van der Waals surface area contributed by atoms with Gasteiger partial charge in [0.15, 0.2) is 23.3 Å². The summed E-state index contributed by atoms with van der Waals surface area (Å²) in [4.78, 5) is 23.7. The second kappa shape index (κ2) is 9.18. The quantitative estimate of drug-likeness (QED) is 0.584. The molecule has 2 aliphatic rings. The molecule has 1 saturated carbocycles. The van der Waals surface area contributed by atoms with Crippen molar-refractivity contribution in [3.8, 4) is 5.75 Å². The predicted molar refractivity (Wildman–Crippen MR) is 125 cm³/mol. The van der Waals surface area contributed by atoms with Gasteiger partial charge in [0.25, 0.3) is 0 Å². The Labute approximate surface area is 202 Å². The summed E-state index contributed by atoms with van der Waals surface area (Å²) in [5.41, 5.74) is 0.756. The summed E-state index contributed by atoms with van der Waals surface area (Å²) in [5.74, 6) is -3.36. The van der Waals surface area contributed by atoms with Crippen LogP contribution in [0.25, 0.3) is 0 Å². The normalized spacial score (nSPS) is 22.7. The molecule has 1 aliphatic heterocycles. The summed E-state index contributed by atoms with van der Waals surface area (Å²) < 4.78 is 51.5. The van der Waals surface area contributed by atoms with Gasteiger partial charge in [0.1, 0.15) is 23.6 Å². The molecule has 2 atom stereocenters. The SMILES string of the molecule is Cc1nc(NC2CC(Oc3cc(F)c(F)c(F)c3)C2)nc2c1NC(=O)C([C@H](C)OC(C)(C)C)N2C. The molecule has 0 saturated heterocycles. The zero-order chi connectivity index (χ0) is 25.7. The summed E-state index contributed by atoms with van der Waals surface area (Å²) >= 11 is 0. The average molecular weight is 494 g/mol. The minimum Gasteiger partial charge on any atom is -0.490 e. The van der Waals surface area contributed by atoms with E-state index in [9.17, 15) is 18.0 Å². The molecule has 1 aromatic heterocycles. The van der Waals surface area contributed by atoms with E-state index in [1.54, 1.807) is 18.9 Å². The number of ether oxygens (including phenoxy) is 2. The molecule has 1 amide bonds. The van der Waals surface area contributed by atoms with Crippen LogP contribution < -0.4 is 20.3 Å². The Bertz CT molecular complexity index is 1110. The highest BCUT2D eigenvalue weighted by Crippen LogP contribution is 2.35. The molecule has 35 heavy (non-hydrogen) atoms. The number of fused-ring (bicyclic) bond motifs is 1. The van der Waals surface area contributed by atoms with Crippen molar-refractivity contribution in [1.29, 1.82) is 0 Å². The summed E-state index contributed by atoms with van der Waals surface area (Å²) in [6.07, 6.45) is 0.431. The van der Waals surface area contributed by atoms with E-state index in [4.69, 9.17) is 9.47 Å². The molecule has 1 unspecified atom stereocenters. The molecule has 190 valence electrons. The average Bonchev–Trinajstić information content (AvgIpc) is 2.70. The topological polar surface area (TPSA) is 88.6 Å². The lowest BCUT2D eigenvalue weighted by molar-refractivity contribution is -0.124. The molecule has 0 spiro atoms. The van der Waals surface area contributed by atoms with Crippen molar-refractivity contribution in [2.75, 3.05) is 22.6 Å². The molecular formula is C24H30F3N5O3. The number of aromatic nitrogens is 2. The van der Waals surface area contributed by atoms with E-state index < -0.39 is 29.1 Å². The van der Waals surface area contributed by atoms with Crippen molar-refractivity contribution in [2.24, 2.45) is 0 Å². The van der Waals surface area contributed by atoms with Gasteiger partial charge in [0, 0.05) is 38.1 Å². The van der Waals surface area contributed by atoms with Crippen LogP contribution in [-0.4, -0.2) is 52.8 Å².